The Morgan fingerprint density at radius 2 is 1.73 bits per heavy atom. The van der Waals surface area contributed by atoms with E-state index in [9.17, 15) is 24.9 Å². The summed E-state index contributed by atoms with van der Waals surface area (Å²) < 4.78 is 0. The van der Waals surface area contributed by atoms with E-state index in [1.165, 1.54) is 5.56 Å². The molecule has 4 rings (SSSR count). The van der Waals surface area contributed by atoms with Gasteiger partial charge in [-0.15, -0.1) is 0 Å². The van der Waals surface area contributed by atoms with Crippen molar-refractivity contribution in [1.29, 1.82) is 5.26 Å². The first-order chi connectivity index (χ1) is 19.4. The molecule has 0 radical (unpaired) electrons. The molecule has 0 spiro atoms. The summed E-state index contributed by atoms with van der Waals surface area (Å²) in [5.74, 6) is -0.218. The molecule has 2 atom stereocenters. The molecular weight excluding hydrogens is 504 g/mol. The number of carbonyl (C=O) groups excluding carboxylic acids is 3. The molecule has 2 unspecified atom stereocenters. The minimum atomic E-state index is -0.804. The minimum absolute atomic E-state index is 0.110. The number of likely N-dealkylation sites (tertiary alicyclic amines) is 1. The Kier molecular flexibility index (Phi) is 10.7. The van der Waals surface area contributed by atoms with Crippen LogP contribution in [0.1, 0.15) is 61.6 Å². The number of hydrogen-bond acceptors (Lipinski definition) is 5. The van der Waals surface area contributed by atoms with Crippen molar-refractivity contribution in [2.24, 2.45) is 17.8 Å². The van der Waals surface area contributed by atoms with Crippen molar-refractivity contribution in [1.82, 2.24) is 15.3 Å². The van der Waals surface area contributed by atoms with Crippen LogP contribution in [0.15, 0.2) is 54.6 Å². The van der Waals surface area contributed by atoms with Gasteiger partial charge < -0.3 is 10.2 Å². The number of benzene rings is 2. The van der Waals surface area contributed by atoms with E-state index >= 15 is 0 Å². The van der Waals surface area contributed by atoms with E-state index < -0.39 is 12.0 Å². The number of carbonyl (C=O) groups is 3. The Labute approximate surface area is 236 Å². The molecule has 0 bridgehead atoms. The molecule has 8 nitrogen and oxygen atoms in total. The molecule has 1 saturated carbocycles. The molecule has 1 saturated heterocycles. The fourth-order valence-electron chi connectivity index (χ4n) is 6.20. The van der Waals surface area contributed by atoms with Crippen LogP contribution in [-0.2, 0) is 27.2 Å². The van der Waals surface area contributed by atoms with Crippen molar-refractivity contribution in [2.75, 3.05) is 19.6 Å². The number of nitrogens with zero attached hydrogens (tertiary/aromatic N) is 3. The second kappa shape index (κ2) is 14.6. The highest BCUT2D eigenvalue weighted by molar-refractivity contribution is 5.89. The molecule has 8 heteroatoms. The Bertz CT molecular complexity index is 1170. The average Bonchev–Trinajstić information content (AvgIpc) is 3.50. The van der Waals surface area contributed by atoms with Crippen LogP contribution in [0.3, 0.4) is 0 Å². The first-order valence-corrected chi connectivity index (χ1v) is 14.5. The Hall–Kier alpha value is -3.70. The van der Waals surface area contributed by atoms with Crippen LogP contribution < -0.4 is 5.32 Å². The second-order valence-electron chi connectivity index (χ2n) is 11.3. The lowest BCUT2D eigenvalue weighted by Crippen LogP contribution is -2.53. The molecule has 3 amide bonds. The zero-order valence-electron chi connectivity index (χ0n) is 23.1. The maximum atomic E-state index is 13.8. The maximum Gasteiger partial charge on any atom is 0.245 e. The highest BCUT2D eigenvalue weighted by atomic mass is 16.5. The Balaban J connectivity index is 1.46. The predicted octanol–water partition coefficient (Wildman–Crippen LogP) is 4.11. The van der Waals surface area contributed by atoms with Crippen LogP contribution in [0.5, 0.6) is 0 Å². The summed E-state index contributed by atoms with van der Waals surface area (Å²) in [5, 5.41) is 22.8. The standard InChI is InChI=1S/C32H40N4O4/c33-21-28-12-6-11-27(18-28)20-30(34-31(38)29(22-36(40)23-37)19-25-9-4-5-10-25)32(39)35-15-13-26(14-16-35)17-24-7-2-1-3-8-24/h1-3,6-8,11-12,18,23,25-26,29-30,40H,4-5,9-10,13-17,19-20,22H2,(H,34,38). The highest BCUT2D eigenvalue weighted by Crippen LogP contribution is 2.31. The van der Waals surface area contributed by atoms with Gasteiger partial charge in [-0.1, -0.05) is 68.1 Å². The lowest BCUT2D eigenvalue weighted by molar-refractivity contribution is -0.155. The van der Waals surface area contributed by atoms with Crippen LogP contribution in [-0.4, -0.2) is 59.1 Å². The Morgan fingerprint density at radius 3 is 2.40 bits per heavy atom. The summed E-state index contributed by atoms with van der Waals surface area (Å²) in [4.78, 5) is 40.4. The van der Waals surface area contributed by atoms with Crippen molar-refractivity contribution in [3.63, 3.8) is 0 Å². The van der Waals surface area contributed by atoms with Crippen molar-refractivity contribution in [3.8, 4) is 6.07 Å². The van der Waals surface area contributed by atoms with Gasteiger partial charge in [0.25, 0.3) is 0 Å². The molecule has 2 aliphatic rings. The van der Waals surface area contributed by atoms with E-state index in [0.717, 1.165) is 50.5 Å². The predicted molar refractivity (Wildman–Crippen MR) is 151 cm³/mol. The number of nitriles is 1. The number of hydrogen-bond donors (Lipinski definition) is 2. The molecule has 40 heavy (non-hydrogen) atoms. The van der Waals surface area contributed by atoms with Gasteiger partial charge in [-0.25, -0.2) is 5.06 Å². The lowest BCUT2D eigenvalue weighted by atomic mass is 9.89. The molecule has 0 aromatic heterocycles. The van der Waals surface area contributed by atoms with Gasteiger partial charge in [0, 0.05) is 19.5 Å². The number of amides is 3. The van der Waals surface area contributed by atoms with E-state index in [4.69, 9.17) is 0 Å². The summed E-state index contributed by atoms with van der Waals surface area (Å²) in [5.41, 5.74) is 2.59. The van der Waals surface area contributed by atoms with Crippen molar-refractivity contribution in [2.45, 2.75) is 63.8 Å². The summed E-state index contributed by atoms with van der Waals surface area (Å²) in [7, 11) is 0. The molecule has 2 aromatic rings. The van der Waals surface area contributed by atoms with Crippen molar-refractivity contribution in [3.05, 3.63) is 71.3 Å². The number of hydroxylamine groups is 2. The smallest absolute Gasteiger partial charge is 0.245 e. The molecule has 2 fully saturated rings. The average molecular weight is 545 g/mol. The summed E-state index contributed by atoms with van der Waals surface area (Å²) in [6.07, 6.45) is 8.20. The fraction of sp³-hybridized carbons (Fsp3) is 0.500. The number of piperidine rings is 1. The summed E-state index contributed by atoms with van der Waals surface area (Å²) in [6, 6.07) is 18.8. The summed E-state index contributed by atoms with van der Waals surface area (Å²) >= 11 is 0. The van der Waals surface area contributed by atoms with Gasteiger partial charge in [0.05, 0.1) is 24.1 Å². The van der Waals surface area contributed by atoms with Gasteiger partial charge in [0.15, 0.2) is 0 Å². The molecule has 1 aliphatic carbocycles. The first kappa shape index (κ1) is 29.3. The van der Waals surface area contributed by atoms with Crippen LogP contribution in [0, 0.1) is 29.1 Å². The fourth-order valence-corrected chi connectivity index (χ4v) is 6.20. The second-order valence-corrected chi connectivity index (χ2v) is 11.3. The number of nitrogens with one attached hydrogen (secondary N) is 1. The van der Waals surface area contributed by atoms with Gasteiger partial charge in [0.1, 0.15) is 6.04 Å². The van der Waals surface area contributed by atoms with Crippen LogP contribution in [0.4, 0.5) is 0 Å². The van der Waals surface area contributed by atoms with E-state index in [0.29, 0.717) is 48.4 Å². The van der Waals surface area contributed by atoms with Crippen LogP contribution >= 0.6 is 0 Å². The van der Waals surface area contributed by atoms with E-state index in [1.54, 1.807) is 18.2 Å². The molecular formula is C32H40N4O4. The zero-order valence-corrected chi connectivity index (χ0v) is 23.1. The monoisotopic (exact) mass is 544 g/mol. The molecule has 2 aromatic carbocycles. The van der Waals surface area contributed by atoms with E-state index in [2.05, 4.69) is 23.5 Å². The third-order valence-electron chi connectivity index (χ3n) is 8.40. The van der Waals surface area contributed by atoms with Gasteiger partial charge >= 0.3 is 0 Å². The number of rotatable bonds is 12. The zero-order chi connectivity index (χ0) is 28.3. The SMILES string of the molecule is N#Cc1cccc(CC(NC(=O)C(CC2CCCC2)CN(O)C=O)C(=O)N2CCC(Cc3ccccc3)CC2)c1. The van der Waals surface area contributed by atoms with Gasteiger partial charge in [-0.2, -0.15) is 5.26 Å². The lowest BCUT2D eigenvalue weighted by Gasteiger charge is -2.35. The normalized spacial score (nSPS) is 17.6. The molecule has 2 N–H and O–H groups in total. The van der Waals surface area contributed by atoms with Gasteiger partial charge in [-0.05, 0) is 60.8 Å². The topological polar surface area (TPSA) is 114 Å². The summed E-state index contributed by atoms with van der Waals surface area (Å²) in [6.45, 7) is 1.14. The first-order valence-electron chi connectivity index (χ1n) is 14.5. The quantitative estimate of drug-likeness (QED) is 0.237. The van der Waals surface area contributed by atoms with E-state index in [-0.39, 0.29) is 24.8 Å². The maximum absolute atomic E-state index is 13.8. The van der Waals surface area contributed by atoms with E-state index in [1.807, 2.05) is 29.2 Å². The minimum Gasteiger partial charge on any atom is -0.344 e. The van der Waals surface area contributed by atoms with Gasteiger partial charge in [0.2, 0.25) is 18.2 Å². The van der Waals surface area contributed by atoms with Crippen LogP contribution in [0.2, 0.25) is 0 Å². The van der Waals surface area contributed by atoms with Crippen molar-refractivity contribution < 1.29 is 19.6 Å². The van der Waals surface area contributed by atoms with Crippen molar-refractivity contribution >= 4 is 18.2 Å². The Morgan fingerprint density at radius 1 is 1.02 bits per heavy atom. The molecule has 1 heterocycles. The van der Waals surface area contributed by atoms with Crippen LogP contribution in [0.25, 0.3) is 0 Å². The third-order valence-corrected chi connectivity index (χ3v) is 8.40. The third kappa shape index (κ3) is 8.40. The van der Waals surface area contributed by atoms with Gasteiger partial charge in [-0.3, -0.25) is 19.6 Å². The molecule has 1 aliphatic heterocycles. The highest BCUT2D eigenvalue weighted by Gasteiger charge is 2.33. The largest absolute Gasteiger partial charge is 0.344 e. The molecule has 212 valence electrons.